The molecule has 0 aromatic rings. The predicted octanol–water partition coefficient (Wildman–Crippen LogP) is 12.4. The van der Waals surface area contributed by atoms with Gasteiger partial charge in [-0.05, 0) is 101 Å². The third kappa shape index (κ3) is 33.4. The van der Waals surface area contributed by atoms with Crippen LogP contribution >= 0.6 is 0 Å². The van der Waals surface area contributed by atoms with Gasteiger partial charge in [-0.1, -0.05) is 132 Å². The largest absolute Gasteiger partial charge is 0.465 e. The first-order valence-corrected chi connectivity index (χ1v) is 22.4. The third-order valence-electron chi connectivity index (χ3n) is 10.9. The van der Waals surface area contributed by atoms with Crippen molar-refractivity contribution in [1.29, 1.82) is 0 Å². The van der Waals surface area contributed by atoms with E-state index in [2.05, 4.69) is 55.4 Å². The summed E-state index contributed by atoms with van der Waals surface area (Å²) in [5.41, 5.74) is 0. The maximum atomic E-state index is 12.5. The number of rotatable bonds is 36. The van der Waals surface area contributed by atoms with Crippen LogP contribution in [0.15, 0.2) is 0 Å². The van der Waals surface area contributed by atoms with E-state index in [0.717, 1.165) is 89.9 Å². The number of ether oxygens (including phenoxy) is 3. The molecule has 53 heavy (non-hydrogen) atoms. The van der Waals surface area contributed by atoms with E-state index in [9.17, 15) is 14.4 Å². The van der Waals surface area contributed by atoms with Crippen LogP contribution in [-0.2, 0) is 28.6 Å². The zero-order valence-corrected chi connectivity index (χ0v) is 36.8. The Bertz CT molecular complexity index is 827. The number of nitrogens with zero attached hydrogens (tertiary/aromatic N) is 1. The Hall–Kier alpha value is -1.63. The van der Waals surface area contributed by atoms with E-state index in [4.69, 9.17) is 14.2 Å². The molecule has 0 spiro atoms. The maximum absolute atomic E-state index is 12.5. The zero-order valence-electron chi connectivity index (χ0n) is 36.8. The molecule has 0 aromatic heterocycles. The number of hydrogen-bond acceptors (Lipinski definition) is 7. The molecule has 0 radical (unpaired) electrons. The Morgan fingerprint density at radius 3 is 1.13 bits per heavy atom. The first-order chi connectivity index (χ1) is 25.2. The monoisotopic (exact) mass is 752 g/mol. The van der Waals surface area contributed by atoms with Crippen LogP contribution in [-0.4, -0.2) is 62.8 Å². The van der Waals surface area contributed by atoms with Gasteiger partial charge in [0.15, 0.2) is 0 Å². The first kappa shape index (κ1) is 51.4. The van der Waals surface area contributed by atoms with E-state index in [1.54, 1.807) is 0 Å². The summed E-state index contributed by atoms with van der Waals surface area (Å²) in [5, 5.41) is 0. The quantitative estimate of drug-likeness (QED) is 0.0358. The van der Waals surface area contributed by atoms with Crippen LogP contribution in [0.2, 0.25) is 0 Å². The molecule has 0 aliphatic rings. The molecular weight excluding hydrogens is 663 g/mol. The minimum absolute atomic E-state index is 0.0167. The van der Waals surface area contributed by atoms with Gasteiger partial charge in [0.05, 0.1) is 19.6 Å². The second-order valence-corrected chi connectivity index (χ2v) is 18.0. The standard InChI is InChI=1S/C46H89NO6/c1-37(2)29-31-41(39(5)6)35-51-44(48)27-23-19-15-11-13-17-21-25-43(53-46(50)33-34-47(9)10)26-22-18-14-12-16-20-24-28-45(49)52-36-42(40(7)8)32-30-38(3)4/h37-43H,11-36H2,1-10H3. The molecule has 0 N–H and O–H groups in total. The summed E-state index contributed by atoms with van der Waals surface area (Å²) in [6.07, 6.45) is 23.6. The van der Waals surface area contributed by atoms with Gasteiger partial charge in [0.1, 0.15) is 6.10 Å². The average molecular weight is 752 g/mol. The van der Waals surface area contributed by atoms with Crippen LogP contribution in [0, 0.1) is 35.5 Å². The number of hydrogen-bond donors (Lipinski definition) is 0. The molecule has 2 unspecified atom stereocenters. The maximum Gasteiger partial charge on any atom is 0.307 e. The van der Waals surface area contributed by atoms with Gasteiger partial charge in [0.2, 0.25) is 0 Å². The third-order valence-corrected chi connectivity index (χ3v) is 10.9. The summed E-state index contributed by atoms with van der Waals surface area (Å²) in [4.78, 5) is 39.1. The van der Waals surface area contributed by atoms with Crippen molar-refractivity contribution in [2.45, 2.75) is 209 Å². The van der Waals surface area contributed by atoms with E-state index in [-0.39, 0.29) is 24.0 Å². The molecule has 0 heterocycles. The lowest BCUT2D eigenvalue weighted by Gasteiger charge is -2.21. The minimum Gasteiger partial charge on any atom is -0.465 e. The molecule has 0 amide bonds. The molecule has 0 rings (SSSR count). The van der Waals surface area contributed by atoms with Gasteiger partial charge in [-0.15, -0.1) is 0 Å². The molecule has 0 aliphatic carbocycles. The molecule has 0 aliphatic heterocycles. The Morgan fingerprint density at radius 2 is 0.792 bits per heavy atom. The molecule has 2 atom stereocenters. The lowest BCUT2D eigenvalue weighted by atomic mass is 9.89. The van der Waals surface area contributed by atoms with Gasteiger partial charge in [-0.25, -0.2) is 0 Å². The summed E-state index contributed by atoms with van der Waals surface area (Å²) in [6.45, 7) is 19.8. The Morgan fingerprint density at radius 1 is 0.434 bits per heavy atom. The fourth-order valence-electron chi connectivity index (χ4n) is 6.73. The van der Waals surface area contributed by atoms with Crippen LogP contribution in [0.1, 0.15) is 203 Å². The Labute approximate surface area is 329 Å². The van der Waals surface area contributed by atoms with Crippen molar-refractivity contribution >= 4 is 17.9 Å². The predicted molar refractivity (Wildman–Crippen MR) is 223 cm³/mol. The van der Waals surface area contributed by atoms with Crippen molar-refractivity contribution in [3.8, 4) is 0 Å². The number of unbranched alkanes of at least 4 members (excludes halogenated alkanes) is 12. The van der Waals surface area contributed by atoms with Crippen LogP contribution < -0.4 is 0 Å². The molecular formula is C46H89NO6. The van der Waals surface area contributed by atoms with Crippen LogP contribution in [0.25, 0.3) is 0 Å². The Kier molecular flexibility index (Phi) is 32.7. The highest BCUT2D eigenvalue weighted by atomic mass is 16.5. The molecule has 0 saturated heterocycles. The summed E-state index contributed by atoms with van der Waals surface area (Å²) < 4.78 is 17.2. The topological polar surface area (TPSA) is 82.1 Å². The molecule has 0 saturated carbocycles. The van der Waals surface area contributed by atoms with Crippen molar-refractivity contribution < 1.29 is 28.6 Å². The van der Waals surface area contributed by atoms with E-state index >= 15 is 0 Å². The number of esters is 3. The van der Waals surface area contributed by atoms with E-state index in [1.807, 2.05) is 19.0 Å². The lowest BCUT2D eigenvalue weighted by molar-refractivity contribution is -0.150. The highest BCUT2D eigenvalue weighted by Gasteiger charge is 2.18. The molecule has 0 fully saturated rings. The summed E-state index contributed by atoms with van der Waals surface area (Å²) in [7, 11) is 3.97. The summed E-state index contributed by atoms with van der Waals surface area (Å²) in [6, 6.07) is 0. The minimum atomic E-state index is -0.0775. The summed E-state index contributed by atoms with van der Waals surface area (Å²) in [5.74, 6) is 3.21. The van der Waals surface area contributed by atoms with E-state index in [1.165, 1.54) is 38.5 Å². The fourth-order valence-corrected chi connectivity index (χ4v) is 6.73. The van der Waals surface area contributed by atoms with Gasteiger partial charge >= 0.3 is 17.9 Å². The van der Waals surface area contributed by atoms with Gasteiger partial charge < -0.3 is 19.1 Å². The zero-order chi connectivity index (χ0) is 39.9. The van der Waals surface area contributed by atoms with Gasteiger partial charge in [0, 0.05) is 19.4 Å². The normalized spacial score (nSPS) is 13.6. The van der Waals surface area contributed by atoms with Gasteiger partial charge in [0.25, 0.3) is 0 Å². The van der Waals surface area contributed by atoms with Crippen molar-refractivity contribution in [3.05, 3.63) is 0 Å². The van der Waals surface area contributed by atoms with Crippen molar-refractivity contribution in [3.63, 3.8) is 0 Å². The van der Waals surface area contributed by atoms with E-state index < -0.39 is 0 Å². The van der Waals surface area contributed by atoms with Gasteiger partial charge in [-0.2, -0.15) is 0 Å². The van der Waals surface area contributed by atoms with E-state index in [0.29, 0.717) is 74.5 Å². The van der Waals surface area contributed by atoms with Crippen molar-refractivity contribution in [2.24, 2.45) is 35.5 Å². The lowest BCUT2D eigenvalue weighted by Crippen LogP contribution is -2.22. The number of carbonyl (C=O) groups is 3. The van der Waals surface area contributed by atoms with Crippen molar-refractivity contribution in [2.75, 3.05) is 33.9 Å². The Balaban J connectivity index is 4.18. The first-order valence-electron chi connectivity index (χ1n) is 22.4. The van der Waals surface area contributed by atoms with Crippen molar-refractivity contribution in [1.82, 2.24) is 4.90 Å². The highest BCUT2D eigenvalue weighted by Crippen LogP contribution is 2.23. The molecule has 7 heteroatoms. The second-order valence-electron chi connectivity index (χ2n) is 18.0. The molecule has 0 bridgehead atoms. The van der Waals surface area contributed by atoms with Crippen LogP contribution in [0.4, 0.5) is 0 Å². The van der Waals surface area contributed by atoms with Gasteiger partial charge in [-0.3, -0.25) is 14.4 Å². The summed E-state index contributed by atoms with van der Waals surface area (Å²) >= 11 is 0. The number of carbonyl (C=O) groups excluding carboxylic acids is 3. The second kappa shape index (κ2) is 33.7. The highest BCUT2D eigenvalue weighted by molar-refractivity contribution is 5.70. The average Bonchev–Trinajstić information content (AvgIpc) is 3.08. The molecule has 314 valence electrons. The molecule has 7 nitrogen and oxygen atoms in total. The van der Waals surface area contributed by atoms with Crippen LogP contribution in [0.3, 0.4) is 0 Å². The fraction of sp³-hybridized carbons (Fsp3) is 0.935. The van der Waals surface area contributed by atoms with Crippen LogP contribution in [0.5, 0.6) is 0 Å². The molecule has 0 aromatic carbocycles. The smallest absolute Gasteiger partial charge is 0.307 e. The SMILES string of the molecule is CC(C)CCC(COC(=O)CCCCCCCCCC(CCCCCCCCCC(=O)OCC(CCC(C)C)C(C)C)OC(=O)CCN(C)C)C(C)C.